The number of hydrogen-bond acceptors (Lipinski definition) is 6. The first-order valence-corrected chi connectivity index (χ1v) is 10.7. The molecule has 29 heavy (non-hydrogen) atoms. The molecule has 10 heteroatoms. The molecule has 0 spiro atoms. The van der Waals surface area contributed by atoms with Crippen molar-refractivity contribution in [2.24, 2.45) is 0 Å². The smallest absolute Gasteiger partial charge is 0.305 e. The standard InChI is InChI=1S/C19H17N3O5S2/c1-20-29(25,26)14-10-8-13(9-11-14)28-17-7-3-2-5-15(17)18(23)21-22-19(24)16-6-4-12-27-16/h2-12,20H,1H3,(H,21,23)(H,22,24). The minimum atomic E-state index is -3.51. The molecular weight excluding hydrogens is 414 g/mol. The third-order valence-corrected chi connectivity index (χ3v) is 6.31. The highest BCUT2D eigenvalue weighted by molar-refractivity contribution is 7.99. The molecule has 2 aromatic carbocycles. The van der Waals surface area contributed by atoms with Gasteiger partial charge >= 0.3 is 5.91 Å². The van der Waals surface area contributed by atoms with Crippen LogP contribution in [0.5, 0.6) is 0 Å². The molecule has 3 N–H and O–H groups in total. The maximum absolute atomic E-state index is 12.5. The van der Waals surface area contributed by atoms with Gasteiger partial charge in [0.1, 0.15) is 0 Å². The lowest BCUT2D eigenvalue weighted by atomic mass is 10.2. The third kappa shape index (κ3) is 5.05. The molecule has 0 fully saturated rings. The van der Waals surface area contributed by atoms with Crippen LogP contribution >= 0.6 is 11.8 Å². The molecule has 0 saturated carbocycles. The van der Waals surface area contributed by atoms with E-state index in [1.165, 1.54) is 43.3 Å². The van der Waals surface area contributed by atoms with Crippen molar-refractivity contribution in [2.45, 2.75) is 14.7 Å². The van der Waals surface area contributed by atoms with E-state index in [0.717, 1.165) is 4.90 Å². The highest BCUT2D eigenvalue weighted by Gasteiger charge is 2.15. The zero-order chi connectivity index (χ0) is 20.9. The van der Waals surface area contributed by atoms with E-state index in [4.69, 9.17) is 4.42 Å². The lowest BCUT2D eigenvalue weighted by Crippen LogP contribution is -2.41. The van der Waals surface area contributed by atoms with Gasteiger partial charge in [0.2, 0.25) is 10.0 Å². The predicted octanol–water partition coefficient (Wildman–Crippen LogP) is 2.41. The molecule has 0 atom stereocenters. The van der Waals surface area contributed by atoms with Gasteiger partial charge in [-0.3, -0.25) is 20.4 Å². The number of carbonyl (C=O) groups is 2. The van der Waals surface area contributed by atoms with Crippen LogP contribution in [0.4, 0.5) is 0 Å². The Morgan fingerprint density at radius 1 is 0.897 bits per heavy atom. The third-order valence-electron chi connectivity index (χ3n) is 3.80. The molecule has 0 aliphatic heterocycles. The Bertz CT molecular complexity index is 1110. The summed E-state index contributed by atoms with van der Waals surface area (Å²) in [5.74, 6) is -0.998. The number of amides is 2. The zero-order valence-corrected chi connectivity index (χ0v) is 16.8. The first-order chi connectivity index (χ1) is 13.9. The van der Waals surface area contributed by atoms with Gasteiger partial charge in [0.25, 0.3) is 5.91 Å². The summed E-state index contributed by atoms with van der Waals surface area (Å²) in [7, 11) is -2.17. The van der Waals surface area contributed by atoms with E-state index in [-0.39, 0.29) is 10.7 Å². The van der Waals surface area contributed by atoms with Crippen LogP contribution in [0.15, 0.2) is 86.0 Å². The van der Waals surface area contributed by atoms with Crippen molar-refractivity contribution in [3.63, 3.8) is 0 Å². The first-order valence-electron chi connectivity index (χ1n) is 8.35. The maximum Gasteiger partial charge on any atom is 0.305 e. The van der Waals surface area contributed by atoms with Crippen LogP contribution in [0.2, 0.25) is 0 Å². The van der Waals surface area contributed by atoms with Crippen LogP contribution in [0.1, 0.15) is 20.9 Å². The highest BCUT2D eigenvalue weighted by atomic mass is 32.2. The molecule has 0 unspecified atom stereocenters. The van der Waals surface area contributed by atoms with E-state index in [9.17, 15) is 18.0 Å². The summed E-state index contributed by atoms with van der Waals surface area (Å²) in [5, 5.41) is 0. The zero-order valence-electron chi connectivity index (χ0n) is 15.2. The average Bonchev–Trinajstić information content (AvgIpc) is 3.27. The Labute approximate surface area is 171 Å². The van der Waals surface area contributed by atoms with Gasteiger partial charge in [0, 0.05) is 9.79 Å². The van der Waals surface area contributed by atoms with Crippen LogP contribution in [-0.4, -0.2) is 27.3 Å². The highest BCUT2D eigenvalue weighted by Crippen LogP contribution is 2.31. The van der Waals surface area contributed by atoms with Gasteiger partial charge in [-0.1, -0.05) is 23.9 Å². The van der Waals surface area contributed by atoms with Crippen LogP contribution < -0.4 is 15.6 Å². The van der Waals surface area contributed by atoms with Gasteiger partial charge in [0.05, 0.1) is 16.7 Å². The summed E-state index contributed by atoms with van der Waals surface area (Å²) in [6.07, 6.45) is 1.36. The second-order valence-corrected chi connectivity index (χ2v) is 8.66. The van der Waals surface area contributed by atoms with E-state index in [1.807, 2.05) is 0 Å². The number of rotatable bonds is 6. The number of furan rings is 1. The quantitative estimate of drug-likeness (QED) is 0.516. The van der Waals surface area contributed by atoms with Crippen molar-refractivity contribution in [3.05, 3.63) is 78.3 Å². The predicted molar refractivity (Wildman–Crippen MR) is 107 cm³/mol. The number of sulfonamides is 1. The largest absolute Gasteiger partial charge is 0.459 e. The van der Waals surface area contributed by atoms with Crippen molar-refractivity contribution in [2.75, 3.05) is 7.05 Å². The number of carbonyl (C=O) groups excluding carboxylic acids is 2. The number of nitrogens with one attached hydrogen (secondary N) is 3. The van der Waals surface area contributed by atoms with Crippen molar-refractivity contribution in [3.8, 4) is 0 Å². The molecule has 0 radical (unpaired) electrons. The molecule has 0 saturated heterocycles. The van der Waals surface area contributed by atoms with Gasteiger partial charge < -0.3 is 4.42 Å². The van der Waals surface area contributed by atoms with Gasteiger partial charge in [-0.2, -0.15) is 0 Å². The van der Waals surface area contributed by atoms with E-state index in [0.29, 0.717) is 10.5 Å². The molecule has 0 aliphatic carbocycles. The van der Waals surface area contributed by atoms with Crippen molar-refractivity contribution in [1.29, 1.82) is 0 Å². The van der Waals surface area contributed by atoms with E-state index < -0.39 is 21.8 Å². The summed E-state index contributed by atoms with van der Waals surface area (Å²) in [6.45, 7) is 0. The summed E-state index contributed by atoms with van der Waals surface area (Å²) in [6, 6.07) is 16.2. The minimum absolute atomic E-state index is 0.0737. The Morgan fingerprint density at radius 3 is 2.24 bits per heavy atom. The summed E-state index contributed by atoms with van der Waals surface area (Å²) >= 11 is 1.29. The van der Waals surface area contributed by atoms with Crippen LogP contribution in [-0.2, 0) is 10.0 Å². The van der Waals surface area contributed by atoms with Crippen molar-refractivity contribution >= 4 is 33.6 Å². The van der Waals surface area contributed by atoms with Gasteiger partial charge in [0.15, 0.2) is 5.76 Å². The number of hydrazine groups is 1. The van der Waals surface area contributed by atoms with Crippen LogP contribution in [0, 0.1) is 0 Å². The maximum atomic E-state index is 12.5. The molecule has 1 heterocycles. The molecule has 3 aromatic rings. The first kappa shape index (κ1) is 20.6. The second-order valence-electron chi connectivity index (χ2n) is 5.66. The van der Waals surface area contributed by atoms with Crippen LogP contribution in [0.3, 0.4) is 0 Å². The van der Waals surface area contributed by atoms with Gasteiger partial charge in [-0.15, -0.1) is 0 Å². The molecule has 1 aromatic heterocycles. The summed E-state index contributed by atoms with van der Waals surface area (Å²) < 4.78 is 30.8. The monoisotopic (exact) mass is 431 g/mol. The van der Waals surface area contributed by atoms with Crippen molar-refractivity contribution in [1.82, 2.24) is 15.6 Å². The normalized spacial score (nSPS) is 11.1. The molecule has 0 bridgehead atoms. The Balaban J connectivity index is 1.71. The second kappa shape index (κ2) is 8.95. The Morgan fingerprint density at radius 2 is 1.59 bits per heavy atom. The molecule has 2 amide bonds. The van der Waals surface area contributed by atoms with E-state index in [1.54, 1.807) is 42.5 Å². The Hall–Kier alpha value is -3.08. The SMILES string of the molecule is CNS(=O)(=O)c1ccc(Sc2ccccc2C(=O)NNC(=O)c2ccco2)cc1. The molecule has 3 rings (SSSR count). The fraction of sp³-hybridized carbons (Fsp3) is 0.0526. The molecular formula is C19H17N3O5S2. The summed E-state index contributed by atoms with van der Waals surface area (Å²) in [5.41, 5.74) is 4.99. The van der Waals surface area contributed by atoms with Gasteiger partial charge in [-0.05, 0) is 55.6 Å². The lowest BCUT2D eigenvalue weighted by Gasteiger charge is -2.10. The number of benzene rings is 2. The molecule has 150 valence electrons. The average molecular weight is 431 g/mol. The van der Waals surface area contributed by atoms with Gasteiger partial charge in [-0.25, -0.2) is 13.1 Å². The Kier molecular flexibility index (Phi) is 6.37. The fourth-order valence-corrected chi connectivity index (χ4v) is 4.00. The topological polar surface area (TPSA) is 118 Å². The lowest BCUT2D eigenvalue weighted by molar-refractivity contribution is 0.0829. The minimum Gasteiger partial charge on any atom is -0.459 e. The van der Waals surface area contributed by atoms with E-state index in [2.05, 4.69) is 15.6 Å². The van der Waals surface area contributed by atoms with Crippen LogP contribution in [0.25, 0.3) is 0 Å². The van der Waals surface area contributed by atoms with Crippen molar-refractivity contribution < 1.29 is 22.4 Å². The molecule has 0 aliphatic rings. The number of hydrogen-bond donors (Lipinski definition) is 3. The summed E-state index contributed by atoms with van der Waals surface area (Å²) in [4.78, 5) is 25.9. The van der Waals surface area contributed by atoms with E-state index >= 15 is 0 Å². The fourth-order valence-electron chi connectivity index (χ4n) is 2.33. The molecule has 8 nitrogen and oxygen atoms in total.